The van der Waals surface area contributed by atoms with Crippen LogP contribution in [-0.4, -0.2) is 16.3 Å². The fourth-order valence-corrected chi connectivity index (χ4v) is 2.73. The highest BCUT2D eigenvalue weighted by molar-refractivity contribution is 7.19. The molecule has 17 heavy (non-hydrogen) atoms. The molecule has 5 heteroatoms. The molecule has 2 aromatic rings. The zero-order valence-corrected chi connectivity index (χ0v) is 10.1. The van der Waals surface area contributed by atoms with Crippen LogP contribution < -0.4 is 5.32 Å². The second-order valence-electron chi connectivity index (χ2n) is 3.85. The number of nitrogens with one attached hydrogen (secondary N) is 1. The number of carboxylic acid groups (broad SMARTS) is 1. The standard InChI is InChI=1S/C12H13NO3S/c1-7(13-12(15)16)11-5-9-4-8(6-14)2-3-10(9)17-11/h2-5,7,13-14H,6H2,1H3,(H,15,16). The highest BCUT2D eigenvalue weighted by atomic mass is 32.1. The van der Waals surface area contributed by atoms with Gasteiger partial charge in [-0.2, -0.15) is 0 Å². The third-order valence-corrected chi connectivity index (χ3v) is 3.85. The molecule has 90 valence electrons. The van der Waals surface area contributed by atoms with Gasteiger partial charge in [0.1, 0.15) is 0 Å². The van der Waals surface area contributed by atoms with Crippen LogP contribution in [0.5, 0.6) is 0 Å². The van der Waals surface area contributed by atoms with Gasteiger partial charge in [-0.05, 0) is 36.1 Å². The lowest BCUT2D eigenvalue weighted by Crippen LogP contribution is -2.23. The molecule has 0 bridgehead atoms. The molecule has 1 atom stereocenters. The smallest absolute Gasteiger partial charge is 0.405 e. The van der Waals surface area contributed by atoms with E-state index in [2.05, 4.69) is 5.32 Å². The lowest BCUT2D eigenvalue weighted by molar-refractivity contribution is 0.191. The molecule has 0 saturated carbocycles. The fourth-order valence-electron chi connectivity index (χ4n) is 1.68. The van der Waals surface area contributed by atoms with Crippen molar-refractivity contribution in [1.29, 1.82) is 0 Å². The van der Waals surface area contributed by atoms with Crippen molar-refractivity contribution < 1.29 is 15.0 Å². The van der Waals surface area contributed by atoms with Crippen LogP contribution in [0.15, 0.2) is 24.3 Å². The van der Waals surface area contributed by atoms with Gasteiger partial charge in [0.15, 0.2) is 0 Å². The van der Waals surface area contributed by atoms with Crippen LogP contribution in [0.25, 0.3) is 10.1 Å². The van der Waals surface area contributed by atoms with Crippen molar-refractivity contribution in [2.45, 2.75) is 19.6 Å². The van der Waals surface area contributed by atoms with Gasteiger partial charge in [0, 0.05) is 9.58 Å². The summed E-state index contributed by atoms with van der Waals surface area (Å²) < 4.78 is 1.09. The number of thiophene rings is 1. The molecule has 1 aromatic carbocycles. The molecule has 3 N–H and O–H groups in total. The van der Waals surface area contributed by atoms with Crippen molar-refractivity contribution >= 4 is 27.5 Å². The zero-order chi connectivity index (χ0) is 12.4. The third kappa shape index (κ3) is 2.57. The van der Waals surface area contributed by atoms with Gasteiger partial charge in [0.25, 0.3) is 0 Å². The maximum absolute atomic E-state index is 10.6. The molecule has 0 spiro atoms. The van der Waals surface area contributed by atoms with E-state index < -0.39 is 6.09 Å². The Labute approximate surface area is 103 Å². The van der Waals surface area contributed by atoms with Crippen LogP contribution in [0, 0.1) is 0 Å². The maximum Gasteiger partial charge on any atom is 0.405 e. The SMILES string of the molecule is CC(NC(=O)O)c1cc2cc(CO)ccc2s1. The Bertz CT molecular complexity index is 550. The van der Waals surface area contributed by atoms with E-state index in [0.29, 0.717) is 0 Å². The first kappa shape index (κ1) is 11.9. The van der Waals surface area contributed by atoms with E-state index in [1.165, 1.54) is 0 Å². The maximum atomic E-state index is 10.6. The summed E-state index contributed by atoms with van der Waals surface area (Å²) in [6.07, 6.45) is -1.02. The van der Waals surface area contributed by atoms with Gasteiger partial charge in [-0.1, -0.05) is 6.07 Å². The molecule has 1 amide bonds. The number of aliphatic hydroxyl groups excluding tert-OH is 1. The largest absolute Gasteiger partial charge is 0.465 e. The normalized spacial score (nSPS) is 12.6. The fraction of sp³-hybridized carbons (Fsp3) is 0.250. The summed E-state index contributed by atoms with van der Waals surface area (Å²) in [5, 5.41) is 21.2. The van der Waals surface area contributed by atoms with Crippen LogP contribution in [0.2, 0.25) is 0 Å². The zero-order valence-electron chi connectivity index (χ0n) is 9.30. The van der Waals surface area contributed by atoms with Crippen LogP contribution >= 0.6 is 11.3 Å². The number of fused-ring (bicyclic) bond motifs is 1. The molecule has 4 nitrogen and oxygen atoms in total. The Kier molecular flexibility index (Phi) is 3.31. The summed E-state index contributed by atoms with van der Waals surface area (Å²) in [5.41, 5.74) is 0.862. The first-order chi connectivity index (χ1) is 8.10. The van der Waals surface area contributed by atoms with E-state index in [0.717, 1.165) is 20.5 Å². The summed E-state index contributed by atoms with van der Waals surface area (Å²) in [6.45, 7) is 1.83. The average molecular weight is 251 g/mol. The van der Waals surface area contributed by atoms with Crippen molar-refractivity contribution in [2.75, 3.05) is 0 Å². The summed E-state index contributed by atoms with van der Waals surface area (Å²) in [4.78, 5) is 11.5. The van der Waals surface area contributed by atoms with Crippen LogP contribution in [0.3, 0.4) is 0 Å². The van der Waals surface area contributed by atoms with Gasteiger partial charge in [-0.15, -0.1) is 11.3 Å². The summed E-state index contributed by atoms with van der Waals surface area (Å²) in [7, 11) is 0. The highest BCUT2D eigenvalue weighted by Crippen LogP contribution is 2.30. The minimum atomic E-state index is -1.02. The van der Waals surface area contributed by atoms with E-state index >= 15 is 0 Å². The number of hydrogen-bond acceptors (Lipinski definition) is 3. The van der Waals surface area contributed by atoms with E-state index in [-0.39, 0.29) is 12.6 Å². The third-order valence-electron chi connectivity index (χ3n) is 2.55. The summed E-state index contributed by atoms with van der Waals surface area (Å²) in [5.74, 6) is 0. The molecule has 0 aliphatic carbocycles. The van der Waals surface area contributed by atoms with Crippen molar-refractivity contribution in [1.82, 2.24) is 5.32 Å². The van der Waals surface area contributed by atoms with Gasteiger partial charge in [0.2, 0.25) is 0 Å². The summed E-state index contributed by atoms with van der Waals surface area (Å²) in [6, 6.07) is 7.48. The van der Waals surface area contributed by atoms with E-state index in [1.54, 1.807) is 11.3 Å². The van der Waals surface area contributed by atoms with E-state index in [4.69, 9.17) is 10.2 Å². The number of aliphatic hydroxyl groups is 1. The van der Waals surface area contributed by atoms with E-state index in [9.17, 15) is 4.79 Å². The minimum Gasteiger partial charge on any atom is -0.465 e. The Morgan fingerprint density at radius 1 is 1.47 bits per heavy atom. The molecule has 1 unspecified atom stereocenters. The monoisotopic (exact) mass is 251 g/mol. The van der Waals surface area contributed by atoms with Gasteiger partial charge in [0.05, 0.1) is 12.6 Å². The molecule has 1 aromatic heterocycles. The van der Waals surface area contributed by atoms with Crippen LogP contribution in [0.1, 0.15) is 23.4 Å². The Morgan fingerprint density at radius 2 is 2.24 bits per heavy atom. The molecule has 1 heterocycles. The Morgan fingerprint density at radius 3 is 2.88 bits per heavy atom. The van der Waals surface area contributed by atoms with Crippen molar-refractivity contribution in [3.63, 3.8) is 0 Å². The number of hydrogen-bond donors (Lipinski definition) is 3. The number of benzene rings is 1. The molecule has 0 aliphatic heterocycles. The van der Waals surface area contributed by atoms with Gasteiger partial charge >= 0.3 is 6.09 Å². The van der Waals surface area contributed by atoms with E-state index in [1.807, 2.05) is 31.2 Å². The second kappa shape index (κ2) is 4.73. The van der Waals surface area contributed by atoms with Crippen LogP contribution in [-0.2, 0) is 6.61 Å². The Balaban J connectivity index is 2.33. The lowest BCUT2D eigenvalue weighted by Gasteiger charge is -2.07. The first-order valence-corrected chi connectivity index (χ1v) is 6.04. The minimum absolute atomic E-state index is 0.0179. The first-order valence-electron chi connectivity index (χ1n) is 5.23. The summed E-state index contributed by atoms with van der Waals surface area (Å²) >= 11 is 1.56. The topological polar surface area (TPSA) is 69.6 Å². The second-order valence-corrected chi connectivity index (χ2v) is 4.97. The predicted octanol–water partition coefficient (Wildman–Crippen LogP) is 2.72. The van der Waals surface area contributed by atoms with Crippen molar-refractivity contribution in [3.05, 3.63) is 34.7 Å². The molecule has 0 radical (unpaired) electrons. The molecular weight excluding hydrogens is 238 g/mol. The number of amides is 1. The van der Waals surface area contributed by atoms with Crippen molar-refractivity contribution in [3.8, 4) is 0 Å². The molecule has 0 saturated heterocycles. The quantitative estimate of drug-likeness (QED) is 0.785. The Hall–Kier alpha value is -1.59. The lowest BCUT2D eigenvalue weighted by atomic mass is 10.1. The van der Waals surface area contributed by atoms with Gasteiger partial charge in [-0.25, -0.2) is 4.79 Å². The van der Waals surface area contributed by atoms with Gasteiger partial charge in [-0.3, -0.25) is 0 Å². The van der Waals surface area contributed by atoms with Gasteiger partial charge < -0.3 is 15.5 Å². The molecule has 0 fully saturated rings. The van der Waals surface area contributed by atoms with Crippen LogP contribution in [0.4, 0.5) is 4.79 Å². The molecular formula is C12H13NO3S. The van der Waals surface area contributed by atoms with Crippen molar-refractivity contribution in [2.24, 2.45) is 0 Å². The molecule has 0 aliphatic rings. The molecule has 2 rings (SSSR count). The predicted molar refractivity (Wildman–Crippen MR) is 67.3 cm³/mol. The highest BCUT2D eigenvalue weighted by Gasteiger charge is 2.11. The number of rotatable bonds is 3. The number of carbonyl (C=O) groups is 1. The average Bonchev–Trinajstić information content (AvgIpc) is 2.70.